The number of nitrogens with zero attached hydrogens (tertiary/aromatic N) is 5. The Balaban J connectivity index is 1.37. The smallest absolute Gasteiger partial charge is 0.226 e. The zero-order chi connectivity index (χ0) is 19.2. The fourth-order valence-electron chi connectivity index (χ4n) is 4.41. The molecule has 4 aliphatic heterocycles. The van der Waals surface area contributed by atoms with Crippen molar-refractivity contribution in [2.24, 2.45) is 5.92 Å². The molecule has 0 aliphatic carbocycles. The van der Waals surface area contributed by atoms with Crippen LogP contribution in [0.5, 0.6) is 0 Å². The molecule has 0 radical (unpaired) electrons. The number of piperidine rings is 2. The van der Waals surface area contributed by atoms with Gasteiger partial charge in [0.15, 0.2) is 5.16 Å². The highest BCUT2D eigenvalue weighted by atomic mass is 32.2. The summed E-state index contributed by atoms with van der Waals surface area (Å²) in [6.07, 6.45) is 7.27. The number of hydrogen-bond donors (Lipinski definition) is 0. The van der Waals surface area contributed by atoms with Gasteiger partial charge in [0.25, 0.3) is 0 Å². The van der Waals surface area contributed by atoms with Gasteiger partial charge in [-0.05, 0) is 31.6 Å². The number of thioether (sulfide) groups is 1. The summed E-state index contributed by atoms with van der Waals surface area (Å²) in [7, 11) is -3.16. The van der Waals surface area contributed by atoms with Crippen LogP contribution in [0.25, 0.3) is 0 Å². The van der Waals surface area contributed by atoms with Crippen molar-refractivity contribution in [2.75, 3.05) is 43.6 Å². The molecule has 0 aromatic carbocycles. The van der Waals surface area contributed by atoms with E-state index in [4.69, 9.17) is 0 Å². The molecule has 5 heterocycles. The first-order chi connectivity index (χ1) is 12.9. The Morgan fingerprint density at radius 2 is 1.89 bits per heavy atom. The fourth-order valence-corrected chi connectivity index (χ4v) is 5.63. The van der Waals surface area contributed by atoms with Crippen molar-refractivity contribution in [2.45, 2.75) is 36.5 Å². The highest BCUT2D eigenvalue weighted by molar-refractivity contribution is 7.98. The standard InChI is InChI=1S/C17H25N5O3S2/c1-26-17-18-6-3-15(19-17)20-10-13-9-14(11-20)22(13)16(23)12-4-7-21(8-5-12)27(2,24)25/h3,6,12-14H,4-5,7-11H2,1-2H3. The van der Waals surface area contributed by atoms with E-state index in [0.29, 0.717) is 25.9 Å². The normalized spacial score (nSPS) is 26.7. The van der Waals surface area contributed by atoms with E-state index in [1.165, 1.54) is 22.3 Å². The van der Waals surface area contributed by atoms with Crippen molar-refractivity contribution in [3.63, 3.8) is 0 Å². The van der Waals surface area contributed by atoms with E-state index >= 15 is 0 Å². The number of aromatic nitrogens is 2. The zero-order valence-corrected chi connectivity index (χ0v) is 17.2. The van der Waals surface area contributed by atoms with Crippen molar-refractivity contribution in [1.82, 2.24) is 19.2 Å². The predicted octanol–water partition coefficient (Wildman–Crippen LogP) is 0.660. The van der Waals surface area contributed by atoms with Crippen LogP contribution < -0.4 is 4.90 Å². The first-order valence-electron chi connectivity index (χ1n) is 9.26. The SMILES string of the molecule is CSc1nccc(N2CC3CC(C2)N3C(=O)C2CCN(S(C)(=O)=O)CC2)n1. The zero-order valence-electron chi connectivity index (χ0n) is 15.6. The van der Waals surface area contributed by atoms with Crippen molar-refractivity contribution in [1.29, 1.82) is 0 Å². The third kappa shape index (κ3) is 3.66. The Kier molecular flexibility index (Phi) is 5.06. The average Bonchev–Trinajstić information content (AvgIpc) is 2.67. The van der Waals surface area contributed by atoms with Gasteiger partial charge in [-0.2, -0.15) is 0 Å². The minimum absolute atomic E-state index is 0.0537. The molecule has 2 bridgehead atoms. The van der Waals surface area contributed by atoms with Crippen molar-refractivity contribution in [3.8, 4) is 0 Å². The largest absolute Gasteiger partial charge is 0.352 e. The quantitative estimate of drug-likeness (QED) is 0.531. The van der Waals surface area contributed by atoms with Gasteiger partial charge in [0.05, 0.1) is 18.3 Å². The van der Waals surface area contributed by atoms with Gasteiger partial charge in [-0.3, -0.25) is 4.79 Å². The highest BCUT2D eigenvalue weighted by Crippen LogP contribution is 2.37. The Bertz CT molecular complexity index is 814. The molecule has 0 spiro atoms. The van der Waals surface area contributed by atoms with Gasteiger partial charge in [-0.25, -0.2) is 22.7 Å². The minimum Gasteiger partial charge on any atom is -0.352 e. The highest BCUT2D eigenvalue weighted by Gasteiger charge is 2.49. The van der Waals surface area contributed by atoms with Crippen LogP contribution >= 0.6 is 11.8 Å². The molecule has 8 nitrogen and oxygen atoms in total. The molecule has 0 saturated carbocycles. The molecule has 4 aliphatic rings. The molecule has 2 atom stereocenters. The first-order valence-corrected chi connectivity index (χ1v) is 12.3. The lowest BCUT2D eigenvalue weighted by atomic mass is 9.84. The van der Waals surface area contributed by atoms with Gasteiger partial charge in [0.2, 0.25) is 15.9 Å². The summed E-state index contributed by atoms with van der Waals surface area (Å²) in [5.74, 6) is 1.08. The average molecular weight is 412 g/mol. The van der Waals surface area contributed by atoms with Crippen LogP contribution in [-0.4, -0.2) is 84.3 Å². The van der Waals surface area contributed by atoms with Crippen molar-refractivity contribution < 1.29 is 13.2 Å². The molecule has 4 saturated heterocycles. The van der Waals surface area contributed by atoms with Gasteiger partial charge in [0.1, 0.15) is 5.82 Å². The van der Waals surface area contributed by atoms with E-state index in [9.17, 15) is 13.2 Å². The van der Waals surface area contributed by atoms with Crippen molar-refractivity contribution >= 4 is 33.5 Å². The second-order valence-electron chi connectivity index (χ2n) is 7.53. The molecule has 2 unspecified atom stereocenters. The maximum atomic E-state index is 13.0. The summed E-state index contributed by atoms with van der Waals surface area (Å²) >= 11 is 1.52. The van der Waals surface area contributed by atoms with Crippen LogP contribution in [0.1, 0.15) is 19.3 Å². The second-order valence-corrected chi connectivity index (χ2v) is 10.3. The Hall–Kier alpha value is -1.39. The van der Waals surface area contributed by atoms with E-state index in [1.54, 1.807) is 6.20 Å². The van der Waals surface area contributed by atoms with E-state index in [0.717, 1.165) is 30.5 Å². The lowest BCUT2D eigenvalue weighted by molar-refractivity contribution is -0.152. The Morgan fingerprint density at radius 3 is 2.48 bits per heavy atom. The van der Waals surface area contributed by atoms with Gasteiger partial charge in [-0.1, -0.05) is 11.8 Å². The van der Waals surface area contributed by atoms with Crippen LogP contribution in [0.15, 0.2) is 17.4 Å². The van der Waals surface area contributed by atoms with E-state index < -0.39 is 10.0 Å². The monoisotopic (exact) mass is 411 g/mol. The Labute approximate surface area is 164 Å². The maximum absolute atomic E-state index is 13.0. The number of piperazine rings is 1. The summed E-state index contributed by atoms with van der Waals surface area (Å²) in [6, 6.07) is 2.39. The molecular weight excluding hydrogens is 386 g/mol. The number of carbonyl (C=O) groups excluding carboxylic acids is 1. The molecule has 148 valence electrons. The van der Waals surface area contributed by atoms with Gasteiger partial charge >= 0.3 is 0 Å². The van der Waals surface area contributed by atoms with E-state index in [1.807, 2.05) is 17.2 Å². The molecule has 5 rings (SSSR count). The van der Waals surface area contributed by atoms with E-state index in [2.05, 4.69) is 14.9 Å². The van der Waals surface area contributed by atoms with Crippen LogP contribution in [0.2, 0.25) is 0 Å². The van der Waals surface area contributed by atoms with Crippen LogP contribution in [0.3, 0.4) is 0 Å². The number of amides is 1. The maximum Gasteiger partial charge on any atom is 0.226 e. The molecule has 10 heteroatoms. The number of carbonyl (C=O) groups is 1. The summed E-state index contributed by atoms with van der Waals surface area (Å²) in [5, 5.41) is 0.761. The molecule has 1 aromatic rings. The number of hydrogen-bond acceptors (Lipinski definition) is 7. The third-order valence-corrected chi connectivity index (χ3v) is 7.71. The number of sulfonamides is 1. The topological polar surface area (TPSA) is 86.7 Å². The van der Waals surface area contributed by atoms with E-state index in [-0.39, 0.29) is 23.9 Å². The van der Waals surface area contributed by atoms with Crippen LogP contribution in [0, 0.1) is 5.92 Å². The molecular formula is C17H25N5O3S2. The molecule has 1 aromatic heterocycles. The minimum atomic E-state index is -3.16. The molecule has 1 amide bonds. The summed E-state index contributed by atoms with van der Waals surface area (Å²) < 4.78 is 24.8. The summed E-state index contributed by atoms with van der Waals surface area (Å²) in [6.45, 7) is 2.50. The Morgan fingerprint density at radius 1 is 1.22 bits per heavy atom. The number of anilines is 1. The second kappa shape index (κ2) is 7.21. The van der Waals surface area contributed by atoms with Gasteiger partial charge in [0, 0.05) is 38.3 Å². The molecule has 4 fully saturated rings. The number of rotatable bonds is 4. The summed E-state index contributed by atoms with van der Waals surface area (Å²) in [4.78, 5) is 26.1. The third-order valence-electron chi connectivity index (χ3n) is 5.85. The van der Waals surface area contributed by atoms with Crippen molar-refractivity contribution in [3.05, 3.63) is 12.3 Å². The summed E-state index contributed by atoms with van der Waals surface area (Å²) in [5.41, 5.74) is 0. The number of fused-ring (bicyclic) bond motifs is 2. The first kappa shape index (κ1) is 18.9. The lowest BCUT2D eigenvalue weighted by Crippen LogP contribution is -2.71. The van der Waals surface area contributed by atoms with Crippen LogP contribution in [0.4, 0.5) is 5.82 Å². The van der Waals surface area contributed by atoms with Gasteiger partial charge in [-0.15, -0.1) is 0 Å². The molecule has 27 heavy (non-hydrogen) atoms. The van der Waals surface area contributed by atoms with Gasteiger partial charge < -0.3 is 9.80 Å². The molecule has 0 N–H and O–H groups in total. The predicted molar refractivity (Wildman–Crippen MR) is 104 cm³/mol. The van der Waals surface area contributed by atoms with Crippen LogP contribution in [-0.2, 0) is 14.8 Å². The lowest BCUT2D eigenvalue weighted by Gasteiger charge is -2.57. The fraction of sp³-hybridized carbons (Fsp3) is 0.706.